The van der Waals surface area contributed by atoms with E-state index in [0.29, 0.717) is 0 Å². The molecule has 188 valence electrons. The highest BCUT2D eigenvalue weighted by Gasteiger charge is 1.85. The Hall–Kier alpha value is -3.29. The van der Waals surface area contributed by atoms with Crippen LogP contribution in [0.5, 0.6) is 0 Å². The third-order valence-electron chi connectivity index (χ3n) is 1.87. The number of ether oxygens (including phenoxy) is 4. The summed E-state index contributed by atoms with van der Waals surface area (Å²) in [6.07, 6.45) is -0.815. The Kier molecular flexibility index (Phi) is 55.7. The van der Waals surface area contributed by atoms with Crippen molar-refractivity contribution < 1.29 is 42.9 Å². The van der Waals surface area contributed by atoms with E-state index in [9.17, 15) is 24.0 Å². The third kappa shape index (κ3) is 101. The molecule has 5 amide bonds. The number of methoxy groups -OCH3 is 4. The molecule has 0 spiro atoms. The van der Waals surface area contributed by atoms with Crippen LogP contribution < -0.4 is 26.6 Å². The van der Waals surface area contributed by atoms with Gasteiger partial charge in [0.1, 0.15) is 0 Å². The number of rotatable bonds is 0. The predicted octanol–water partition coefficient (Wildman–Crippen LogP) is -0.316. The van der Waals surface area contributed by atoms with Crippen LogP contribution in [0.25, 0.3) is 0 Å². The molecule has 0 saturated heterocycles. The molecule has 0 aliphatic carbocycles. The zero-order valence-electron chi connectivity index (χ0n) is 20.7. The maximum absolute atomic E-state index is 9.96. The standard InChI is InChI=1S/C3H8N2O.2C3H7NO2.C3H7NO.C3H6O2.C2H6O/c1-4-3(6)5-2;2*1-4-3(5)6-2;1-3(5)4-2;1-3(4)5-2;1-3-2/h1-2H3,(H2,4,5,6);2*1-2H3,(H,4,5);1-2H3,(H,4,5);1-2H3;1-2H3. The van der Waals surface area contributed by atoms with Gasteiger partial charge >= 0.3 is 24.2 Å². The van der Waals surface area contributed by atoms with Gasteiger partial charge in [0.2, 0.25) is 5.91 Å². The van der Waals surface area contributed by atoms with Gasteiger partial charge in [0, 0.05) is 63.3 Å². The molecule has 0 rings (SSSR count). The lowest BCUT2D eigenvalue weighted by Gasteiger charge is -1.91. The summed E-state index contributed by atoms with van der Waals surface area (Å²) in [4.78, 5) is 48.9. The van der Waals surface area contributed by atoms with Gasteiger partial charge in [-0.15, -0.1) is 0 Å². The van der Waals surface area contributed by atoms with E-state index < -0.39 is 12.2 Å². The van der Waals surface area contributed by atoms with Crippen LogP contribution >= 0.6 is 0 Å². The van der Waals surface area contributed by atoms with Crippen molar-refractivity contribution in [2.75, 3.05) is 70.8 Å². The molecule has 0 aromatic rings. The minimum Gasteiger partial charge on any atom is -0.469 e. The molecule has 31 heavy (non-hydrogen) atoms. The lowest BCUT2D eigenvalue weighted by atomic mass is 10.7. The second-order valence-electron chi connectivity index (χ2n) is 4.22. The smallest absolute Gasteiger partial charge is 0.406 e. The summed E-state index contributed by atoms with van der Waals surface area (Å²) in [6, 6.07) is -0.157. The number of carbonyl (C=O) groups excluding carboxylic acids is 5. The van der Waals surface area contributed by atoms with Crippen molar-refractivity contribution in [3.8, 4) is 0 Å². The molecular formula is C17H41N5O9. The molecule has 0 aromatic heterocycles. The van der Waals surface area contributed by atoms with Crippen molar-refractivity contribution in [2.45, 2.75) is 13.8 Å². The quantitative estimate of drug-likeness (QED) is 0.239. The van der Waals surface area contributed by atoms with Gasteiger partial charge in [0.15, 0.2) is 0 Å². The summed E-state index contributed by atoms with van der Waals surface area (Å²) < 4.78 is 16.7. The summed E-state index contributed by atoms with van der Waals surface area (Å²) in [7, 11) is 15.0. The molecule has 0 aromatic carbocycles. The van der Waals surface area contributed by atoms with Crippen LogP contribution in [0.1, 0.15) is 13.8 Å². The average molecular weight is 460 g/mol. The van der Waals surface area contributed by atoms with Crippen LogP contribution in [0, 0.1) is 0 Å². The van der Waals surface area contributed by atoms with Crippen LogP contribution in [0.3, 0.4) is 0 Å². The minimum absolute atomic E-state index is 0.00463. The van der Waals surface area contributed by atoms with Crippen molar-refractivity contribution >= 4 is 30.1 Å². The number of alkyl carbamates (subject to hydrolysis) is 2. The third-order valence-corrected chi connectivity index (χ3v) is 1.87. The topological polar surface area (TPSA) is 182 Å². The monoisotopic (exact) mass is 459 g/mol. The lowest BCUT2D eigenvalue weighted by Crippen LogP contribution is -2.28. The van der Waals surface area contributed by atoms with Gasteiger partial charge < -0.3 is 45.5 Å². The average Bonchev–Trinajstić information content (AvgIpc) is 2.79. The van der Waals surface area contributed by atoms with Crippen molar-refractivity contribution in [3.05, 3.63) is 0 Å². The SMILES string of the molecule is CNC(=O)NC.CNC(=O)OC.CNC(=O)OC.CNC(C)=O.COC.COC(C)=O. The molecule has 0 saturated carbocycles. The van der Waals surface area contributed by atoms with E-state index in [-0.39, 0.29) is 17.9 Å². The normalized spacial score (nSPS) is 6.84. The molecule has 0 aliphatic heterocycles. The highest BCUT2D eigenvalue weighted by atomic mass is 16.5. The van der Waals surface area contributed by atoms with Gasteiger partial charge in [-0.2, -0.15) is 0 Å². The second-order valence-corrected chi connectivity index (χ2v) is 4.22. The molecule has 5 N–H and O–H groups in total. The Bertz CT molecular complexity index is 366. The molecule has 0 radical (unpaired) electrons. The first-order chi connectivity index (χ1) is 14.4. The molecule has 0 unspecified atom stereocenters. The second kappa shape index (κ2) is 41.2. The van der Waals surface area contributed by atoms with Crippen molar-refractivity contribution in [1.82, 2.24) is 26.6 Å². The van der Waals surface area contributed by atoms with Crippen LogP contribution in [0.15, 0.2) is 0 Å². The van der Waals surface area contributed by atoms with E-state index in [1.807, 2.05) is 0 Å². The van der Waals surface area contributed by atoms with E-state index in [1.165, 1.54) is 49.3 Å². The fourth-order valence-electron chi connectivity index (χ4n) is 0.329. The lowest BCUT2D eigenvalue weighted by molar-refractivity contribution is -0.138. The number of hydrogen-bond acceptors (Lipinski definition) is 9. The first-order valence-electron chi connectivity index (χ1n) is 8.42. The first kappa shape index (κ1) is 41.9. The number of hydrogen-bond donors (Lipinski definition) is 5. The Morgan fingerprint density at radius 2 is 0.742 bits per heavy atom. The van der Waals surface area contributed by atoms with Gasteiger partial charge in [-0.25, -0.2) is 14.4 Å². The Morgan fingerprint density at radius 1 is 0.516 bits per heavy atom. The van der Waals surface area contributed by atoms with Gasteiger partial charge in [0.05, 0.1) is 21.3 Å². The molecule has 0 heterocycles. The highest BCUT2D eigenvalue weighted by Crippen LogP contribution is 1.62. The zero-order valence-corrected chi connectivity index (χ0v) is 20.7. The van der Waals surface area contributed by atoms with Crippen LogP contribution in [-0.4, -0.2) is 101 Å². The Balaban J connectivity index is -0.0000000612. The molecule has 14 nitrogen and oxygen atoms in total. The van der Waals surface area contributed by atoms with Gasteiger partial charge in [0.25, 0.3) is 0 Å². The van der Waals surface area contributed by atoms with Crippen molar-refractivity contribution in [3.63, 3.8) is 0 Å². The van der Waals surface area contributed by atoms with Crippen LogP contribution in [0.2, 0.25) is 0 Å². The Morgan fingerprint density at radius 3 is 0.742 bits per heavy atom. The summed E-state index contributed by atoms with van der Waals surface area (Å²) in [6.45, 7) is 2.83. The Labute approximate surface area is 185 Å². The van der Waals surface area contributed by atoms with E-state index in [2.05, 4.69) is 45.5 Å². The summed E-state index contributed by atoms with van der Waals surface area (Å²) >= 11 is 0. The highest BCUT2D eigenvalue weighted by molar-refractivity contribution is 5.73. The largest absolute Gasteiger partial charge is 0.469 e. The summed E-state index contributed by atoms with van der Waals surface area (Å²) in [5.74, 6) is -0.241. The van der Waals surface area contributed by atoms with E-state index in [4.69, 9.17) is 0 Å². The van der Waals surface area contributed by atoms with Gasteiger partial charge in [-0.05, 0) is 0 Å². The number of amides is 5. The molecule has 0 fully saturated rings. The molecule has 0 bridgehead atoms. The van der Waals surface area contributed by atoms with Crippen molar-refractivity contribution in [1.29, 1.82) is 0 Å². The minimum atomic E-state index is -0.407. The summed E-state index contributed by atoms with van der Waals surface area (Å²) in [5.41, 5.74) is 0. The maximum atomic E-state index is 9.96. The zero-order chi connectivity index (χ0) is 26.3. The summed E-state index contributed by atoms with van der Waals surface area (Å²) in [5, 5.41) is 11.6. The van der Waals surface area contributed by atoms with E-state index in [0.717, 1.165) is 0 Å². The predicted molar refractivity (Wildman–Crippen MR) is 117 cm³/mol. The number of esters is 1. The van der Waals surface area contributed by atoms with E-state index in [1.54, 1.807) is 35.4 Å². The molecule has 0 atom stereocenters. The van der Waals surface area contributed by atoms with Crippen LogP contribution in [0.4, 0.5) is 14.4 Å². The number of urea groups is 1. The van der Waals surface area contributed by atoms with Gasteiger partial charge in [-0.1, -0.05) is 0 Å². The van der Waals surface area contributed by atoms with Crippen molar-refractivity contribution in [2.24, 2.45) is 0 Å². The van der Waals surface area contributed by atoms with Gasteiger partial charge in [-0.3, -0.25) is 9.59 Å². The maximum Gasteiger partial charge on any atom is 0.406 e. The van der Waals surface area contributed by atoms with E-state index >= 15 is 0 Å². The first-order valence-corrected chi connectivity index (χ1v) is 8.42. The molecule has 14 heteroatoms. The molecular weight excluding hydrogens is 418 g/mol. The van der Waals surface area contributed by atoms with Crippen LogP contribution in [-0.2, 0) is 28.5 Å². The number of nitrogens with one attached hydrogen (secondary N) is 5. The molecule has 0 aliphatic rings. The fraction of sp³-hybridized carbons (Fsp3) is 0.706. The fourth-order valence-corrected chi connectivity index (χ4v) is 0.329. The number of carbonyl (C=O) groups is 5.